The number of thiophene rings is 1. The van der Waals surface area contributed by atoms with Crippen LogP contribution in [0.5, 0.6) is 0 Å². The molecule has 2 atom stereocenters. The Morgan fingerprint density at radius 1 is 1.06 bits per heavy atom. The van der Waals surface area contributed by atoms with Crippen molar-refractivity contribution < 1.29 is 9.59 Å². The molecule has 2 aliphatic rings. The molecular formula is C29H33N3O2S. The third-order valence-corrected chi connectivity index (χ3v) is 8.40. The van der Waals surface area contributed by atoms with Crippen LogP contribution >= 0.6 is 11.3 Å². The predicted molar refractivity (Wildman–Crippen MR) is 141 cm³/mol. The third-order valence-electron chi connectivity index (χ3n) is 7.46. The van der Waals surface area contributed by atoms with E-state index >= 15 is 0 Å². The van der Waals surface area contributed by atoms with Crippen molar-refractivity contribution in [1.82, 2.24) is 15.1 Å². The number of aryl methyl sites for hydroxylation is 1. The number of amides is 2. The predicted octanol–water partition coefficient (Wildman–Crippen LogP) is 5.00. The highest BCUT2D eigenvalue weighted by molar-refractivity contribution is 7.10. The van der Waals surface area contributed by atoms with E-state index in [1.54, 1.807) is 16.2 Å². The van der Waals surface area contributed by atoms with Gasteiger partial charge in [0.1, 0.15) is 0 Å². The number of likely N-dealkylation sites (tertiary alicyclic amines) is 1. The molecule has 2 aliphatic heterocycles. The number of nitrogens with one attached hydrogen (secondary N) is 1. The minimum atomic E-state index is -0.408. The summed E-state index contributed by atoms with van der Waals surface area (Å²) in [4.78, 5) is 32.0. The lowest BCUT2D eigenvalue weighted by Crippen LogP contribution is -2.46. The van der Waals surface area contributed by atoms with Crippen molar-refractivity contribution in [3.05, 3.63) is 93.2 Å². The highest BCUT2D eigenvalue weighted by Crippen LogP contribution is 2.43. The number of likely N-dealkylation sites (N-methyl/N-ethyl adjacent to an activating group) is 1. The lowest BCUT2D eigenvalue weighted by molar-refractivity contribution is -0.124. The Morgan fingerprint density at radius 3 is 2.60 bits per heavy atom. The molecule has 0 bridgehead atoms. The van der Waals surface area contributed by atoms with Gasteiger partial charge < -0.3 is 10.2 Å². The van der Waals surface area contributed by atoms with E-state index in [4.69, 9.17) is 0 Å². The van der Waals surface area contributed by atoms with E-state index in [-0.39, 0.29) is 17.9 Å². The zero-order valence-electron chi connectivity index (χ0n) is 20.4. The summed E-state index contributed by atoms with van der Waals surface area (Å²) >= 11 is 1.60. The van der Waals surface area contributed by atoms with Crippen LogP contribution in [0.2, 0.25) is 0 Å². The van der Waals surface area contributed by atoms with E-state index in [9.17, 15) is 9.59 Å². The topological polar surface area (TPSA) is 52.7 Å². The van der Waals surface area contributed by atoms with Crippen LogP contribution in [0.15, 0.2) is 66.0 Å². The smallest absolute Gasteiger partial charge is 0.254 e. The van der Waals surface area contributed by atoms with Gasteiger partial charge in [0.2, 0.25) is 5.91 Å². The zero-order chi connectivity index (χ0) is 24.4. The molecule has 182 valence electrons. The van der Waals surface area contributed by atoms with E-state index in [0.29, 0.717) is 18.0 Å². The van der Waals surface area contributed by atoms with Crippen molar-refractivity contribution >= 4 is 23.2 Å². The maximum absolute atomic E-state index is 13.6. The molecule has 6 heteroatoms. The van der Waals surface area contributed by atoms with Crippen molar-refractivity contribution in [3.8, 4) is 0 Å². The molecule has 1 N–H and O–H groups in total. The average Bonchev–Trinajstić information content (AvgIpc) is 3.40. The molecule has 2 unspecified atom stereocenters. The zero-order valence-corrected chi connectivity index (χ0v) is 21.3. The first kappa shape index (κ1) is 23.8. The molecule has 2 amide bonds. The van der Waals surface area contributed by atoms with E-state index in [1.807, 2.05) is 48.8 Å². The first-order valence-electron chi connectivity index (χ1n) is 12.5. The highest BCUT2D eigenvalue weighted by Gasteiger charge is 2.43. The minimum absolute atomic E-state index is 0.0115. The van der Waals surface area contributed by atoms with Gasteiger partial charge in [-0.2, -0.15) is 0 Å². The minimum Gasteiger partial charge on any atom is -0.355 e. The summed E-state index contributed by atoms with van der Waals surface area (Å²) in [5.41, 5.74) is 4.13. The number of carbonyl (C=O) groups is 2. The van der Waals surface area contributed by atoms with Crippen LogP contribution in [0, 0.1) is 12.8 Å². The second-order valence-electron chi connectivity index (χ2n) is 9.89. The fourth-order valence-corrected chi connectivity index (χ4v) is 6.45. The third kappa shape index (κ3) is 5.04. The van der Waals surface area contributed by atoms with E-state index in [1.165, 1.54) is 11.1 Å². The largest absolute Gasteiger partial charge is 0.355 e. The van der Waals surface area contributed by atoms with Crippen LogP contribution in [0.1, 0.15) is 56.7 Å². The van der Waals surface area contributed by atoms with Gasteiger partial charge in [-0.1, -0.05) is 54.1 Å². The lowest BCUT2D eigenvalue weighted by Gasteiger charge is -2.39. The fourth-order valence-electron chi connectivity index (χ4n) is 5.54. The molecule has 0 spiro atoms. The van der Waals surface area contributed by atoms with Gasteiger partial charge in [-0.25, -0.2) is 0 Å². The van der Waals surface area contributed by atoms with Gasteiger partial charge in [-0.3, -0.25) is 14.5 Å². The van der Waals surface area contributed by atoms with E-state index in [0.717, 1.165) is 42.9 Å². The van der Waals surface area contributed by atoms with Crippen LogP contribution < -0.4 is 5.32 Å². The Kier molecular flexibility index (Phi) is 7.02. The summed E-state index contributed by atoms with van der Waals surface area (Å²) in [7, 11) is 1.81. The van der Waals surface area contributed by atoms with Gasteiger partial charge >= 0.3 is 0 Å². The molecule has 1 aromatic heterocycles. The maximum atomic E-state index is 13.6. The maximum Gasteiger partial charge on any atom is 0.254 e. The number of hydrogen-bond acceptors (Lipinski definition) is 4. The van der Waals surface area contributed by atoms with Crippen molar-refractivity contribution in [2.75, 3.05) is 26.7 Å². The first-order valence-corrected chi connectivity index (χ1v) is 13.3. The van der Waals surface area contributed by atoms with Crippen LogP contribution in [0.25, 0.3) is 0 Å². The normalized spacial score (nSPS) is 21.1. The fraction of sp³-hybridized carbons (Fsp3) is 0.379. The van der Waals surface area contributed by atoms with E-state index < -0.39 is 5.92 Å². The molecule has 0 saturated carbocycles. The Labute approximate surface area is 211 Å². The number of nitrogens with zero attached hydrogens (tertiary/aromatic N) is 2. The molecule has 2 aromatic carbocycles. The van der Waals surface area contributed by atoms with Gasteiger partial charge in [-0.05, 0) is 67.4 Å². The molecule has 5 nitrogen and oxygen atoms in total. The molecular weight excluding hydrogens is 454 g/mol. The number of benzene rings is 2. The van der Waals surface area contributed by atoms with Crippen LogP contribution in [-0.2, 0) is 11.3 Å². The van der Waals surface area contributed by atoms with Crippen LogP contribution in [0.3, 0.4) is 0 Å². The quantitative estimate of drug-likeness (QED) is 0.533. The van der Waals surface area contributed by atoms with Crippen molar-refractivity contribution in [3.63, 3.8) is 0 Å². The second-order valence-corrected chi connectivity index (χ2v) is 10.9. The molecule has 3 aromatic rings. The first-order chi connectivity index (χ1) is 17.0. The van der Waals surface area contributed by atoms with Gasteiger partial charge in [0.05, 0.1) is 12.0 Å². The standard InChI is InChI=1S/C29H33N3O2S/c1-20-7-5-8-22(17-20)19-32-14-12-21(13-15-32)18-30-28(33)26-23-9-3-4-10-24(23)29(34)31(2)27(26)25-11-6-16-35-25/h3-11,16-17,21,26-27H,12-15,18-19H2,1-2H3,(H,30,33). The van der Waals surface area contributed by atoms with Crippen molar-refractivity contribution in [2.24, 2.45) is 5.92 Å². The average molecular weight is 488 g/mol. The Morgan fingerprint density at radius 2 is 1.86 bits per heavy atom. The van der Waals surface area contributed by atoms with E-state index in [2.05, 4.69) is 41.4 Å². The number of fused-ring (bicyclic) bond motifs is 1. The molecule has 0 aliphatic carbocycles. The summed E-state index contributed by atoms with van der Waals surface area (Å²) < 4.78 is 0. The summed E-state index contributed by atoms with van der Waals surface area (Å²) in [5, 5.41) is 5.28. The molecule has 0 radical (unpaired) electrons. The Bertz CT molecular complexity index is 1180. The van der Waals surface area contributed by atoms with Gasteiger partial charge in [0.15, 0.2) is 0 Å². The number of hydrogen-bond donors (Lipinski definition) is 1. The molecule has 1 saturated heterocycles. The Balaban J connectivity index is 1.24. The van der Waals surface area contributed by atoms with Gasteiger partial charge in [0.25, 0.3) is 5.91 Å². The summed E-state index contributed by atoms with van der Waals surface area (Å²) in [5.74, 6) is 0.0569. The van der Waals surface area contributed by atoms with Gasteiger partial charge in [-0.15, -0.1) is 11.3 Å². The summed E-state index contributed by atoms with van der Waals surface area (Å²) in [6.07, 6.45) is 2.17. The molecule has 5 rings (SSSR count). The van der Waals surface area contributed by atoms with Crippen LogP contribution in [0.4, 0.5) is 0 Å². The van der Waals surface area contributed by atoms with Crippen molar-refractivity contribution in [1.29, 1.82) is 0 Å². The molecule has 3 heterocycles. The SMILES string of the molecule is Cc1cccc(CN2CCC(CNC(=O)C3c4ccccc4C(=O)N(C)C3c3cccs3)CC2)c1. The molecule has 1 fully saturated rings. The van der Waals surface area contributed by atoms with Gasteiger partial charge in [0, 0.05) is 30.6 Å². The summed E-state index contributed by atoms with van der Waals surface area (Å²) in [6.45, 7) is 5.92. The lowest BCUT2D eigenvalue weighted by atomic mass is 9.81. The summed E-state index contributed by atoms with van der Waals surface area (Å²) in [6, 6.07) is 20.0. The number of carbonyl (C=O) groups excluding carboxylic acids is 2. The second kappa shape index (κ2) is 10.3. The van der Waals surface area contributed by atoms with Crippen LogP contribution in [-0.4, -0.2) is 48.3 Å². The van der Waals surface area contributed by atoms with Crippen molar-refractivity contribution in [2.45, 2.75) is 38.3 Å². The Hall–Kier alpha value is -2.96. The number of rotatable bonds is 6. The number of piperidine rings is 1. The highest BCUT2D eigenvalue weighted by atomic mass is 32.1. The monoisotopic (exact) mass is 487 g/mol. The molecule has 35 heavy (non-hydrogen) atoms.